The second-order valence-electron chi connectivity index (χ2n) is 4.78. The van der Waals surface area contributed by atoms with Crippen molar-refractivity contribution in [2.24, 2.45) is 0 Å². The second kappa shape index (κ2) is 4.87. The number of rotatable bonds is 4. The number of carbonyl (C=O) groups excluding carboxylic acids is 1. The predicted molar refractivity (Wildman–Crippen MR) is 71.5 cm³/mol. The third-order valence-corrected chi connectivity index (χ3v) is 3.10. The van der Waals surface area contributed by atoms with Crippen molar-refractivity contribution < 1.29 is 14.3 Å². The van der Waals surface area contributed by atoms with Gasteiger partial charge in [-0.25, -0.2) is 0 Å². The summed E-state index contributed by atoms with van der Waals surface area (Å²) in [6, 6.07) is 3.86. The first-order valence-electron chi connectivity index (χ1n) is 6.45. The van der Waals surface area contributed by atoms with Crippen LogP contribution in [0.15, 0.2) is 12.1 Å². The van der Waals surface area contributed by atoms with Crippen LogP contribution < -0.4 is 25.8 Å². The number of hydrogen-bond acceptors (Lipinski definition) is 5. The average molecular weight is 263 g/mol. The quantitative estimate of drug-likeness (QED) is 0.697. The number of carbonyl (C=O) groups is 1. The Morgan fingerprint density at radius 2 is 1.95 bits per heavy atom. The molecule has 19 heavy (non-hydrogen) atoms. The summed E-state index contributed by atoms with van der Waals surface area (Å²) < 4.78 is 10.9. The molecule has 0 aromatic heterocycles. The molecule has 4 N–H and O–H groups in total. The van der Waals surface area contributed by atoms with E-state index in [0.29, 0.717) is 42.1 Å². The van der Waals surface area contributed by atoms with Crippen molar-refractivity contribution in [3.8, 4) is 11.5 Å². The van der Waals surface area contributed by atoms with Crippen LogP contribution in [-0.2, 0) is 4.79 Å². The van der Waals surface area contributed by atoms with Crippen molar-refractivity contribution in [2.45, 2.75) is 18.9 Å². The van der Waals surface area contributed by atoms with Crippen LogP contribution >= 0.6 is 0 Å². The molecule has 1 aliphatic heterocycles. The molecule has 0 saturated heterocycles. The van der Waals surface area contributed by atoms with E-state index < -0.39 is 0 Å². The normalized spacial score (nSPS) is 16.8. The maximum atomic E-state index is 11.6. The van der Waals surface area contributed by atoms with E-state index in [9.17, 15) is 4.79 Å². The fourth-order valence-electron chi connectivity index (χ4n) is 1.94. The van der Waals surface area contributed by atoms with Gasteiger partial charge in [0.05, 0.1) is 17.9 Å². The van der Waals surface area contributed by atoms with Gasteiger partial charge in [0.15, 0.2) is 11.5 Å². The molecule has 0 atom stereocenters. The van der Waals surface area contributed by atoms with Gasteiger partial charge in [-0.15, -0.1) is 0 Å². The number of fused-ring (bicyclic) bond motifs is 1. The molecule has 1 heterocycles. The van der Waals surface area contributed by atoms with E-state index >= 15 is 0 Å². The van der Waals surface area contributed by atoms with Crippen LogP contribution in [0.2, 0.25) is 0 Å². The van der Waals surface area contributed by atoms with Crippen molar-refractivity contribution in [2.75, 3.05) is 30.8 Å². The van der Waals surface area contributed by atoms with Crippen LogP contribution in [0, 0.1) is 0 Å². The summed E-state index contributed by atoms with van der Waals surface area (Å²) in [5.41, 5.74) is 7.15. The number of nitrogen functional groups attached to an aromatic ring is 1. The smallest absolute Gasteiger partial charge is 0.239 e. The molecular formula is C13H17N3O3. The van der Waals surface area contributed by atoms with Crippen molar-refractivity contribution >= 4 is 17.3 Å². The highest BCUT2D eigenvalue weighted by molar-refractivity contribution is 5.83. The Bertz CT molecular complexity index is 500. The van der Waals surface area contributed by atoms with Gasteiger partial charge >= 0.3 is 0 Å². The van der Waals surface area contributed by atoms with Gasteiger partial charge < -0.3 is 25.8 Å². The molecule has 1 aromatic carbocycles. The number of ether oxygens (including phenoxy) is 2. The van der Waals surface area contributed by atoms with Gasteiger partial charge in [-0.2, -0.15) is 0 Å². The predicted octanol–water partition coefficient (Wildman–Crippen LogP) is 0.730. The van der Waals surface area contributed by atoms with Crippen LogP contribution in [-0.4, -0.2) is 31.7 Å². The van der Waals surface area contributed by atoms with E-state index in [-0.39, 0.29) is 12.5 Å². The number of hydrogen-bond donors (Lipinski definition) is 3. The van der Waals surface area contributed by atoms with Crippen LogP contribution in [0.4, 0.5) is 11.4 Å². The second-order valence-corrected chi connectivity index (χ2v) is 4.78. The maximum Gasteiger partial charge on any atom is 0.239 e. The number of anilines is 2. The Kier molecular flexibility index (Phi) is 3.06. The van der Waals surface area contributed by atoms with Crippen molar-refractivity contribution in [1.82, 2.24) is 5.32 Å². The summed E-state index contributed by atoms with van der Waals surface area (Å²) in [4.78, 5) is 11.6. The molecule has 1 saturated carbocycles. The first-order valence-corrected chi connectivity index (χ1v) is 6.45. The monoisotopic (exact) mass is 263 g/mol. The molecule has 2 aliphatic rings. The molecule has 1 amide bonds. The molecule has 0 bridgehead atoms. The third-order valence-electron chi connectivity index (χ3n) is 3.10. The minimum atomic E-state index is -0.0169. The Balaban J connectivity index is 1.64. The van der Waals surface area contributed by atoms with E-state index in [1.165, 1.54) is 0 Å². The summed E-state index contributed by atoms with van der Waals surface area (Å²) in [5, 5.41) is 5.93. The first kappa shape index (κ1) is 12.0. The Labute approximate surface area is 111 Å². The fourth-order valence-corrected chi connectivity index (χ4v) is 1.94. The highest BCUT2D eigenvalue weighted by atomic mass is 16.6. The number of nitrogens with one attached hydrogen (secondary N) is 2. The SMILES string of the molecule is Nc1cc2c(cc1NCC(=O)NC1CC1)OCCO2. The van der Waals surface area contributed by atoms with E-state index in [2.05, 4.69) is 10.6 Å². The van der Waals surface area contributed by atoms with Crippen molar-refractivity contribution in [1.29, 1.82) is 0 Å². The molecule has 3 rings (SSSR count). The lowest BCUT2D eigenvalue weighted by molar-refractivity contribution is -0.119. The zero-order valence-corrected chi connectivity index (χ0v) is 10.6. The van der Waals surface area contributed by atoms with Crippen LogP contribution in [0.1, 0.15) is 12.8 Å². The molecule has 6 nitrogen and oxygen atoms in total. The first-order chi connectivity index (χ1) is 9.22. The van der Waals surface area contributed by atoms with Gasteiger partial charge in [0.25, 0.3) is 0 Å². The van der Waals surface area contributed by atoms with Crippen LogP contribution in [0.5, 0.6) is 11.5 Å². The van der Waals surface area contributed by atoms with Crippen molar-refractivity contribution in [3.05, 3.63) is 12.1 Å². The fraction of sp³-hybridized carbons (Fsp3) is 0.462. The van der Waals surface area contributed by atoms with Crippen molar-refractivity contribution in [3.63, 3.8) is 0 Å². The lowest BCUT2D eigenvalue weighted by Crippen LogP contribution is -2.31. The van der Waals surface area contributed by atoms with Gasteiger partial charge in [0.1, 0.15) is 13.2 Å². The number of nitrogens with two attached hydrogens (primary N) is 1. The zero-order chi connectivity index (χ0) is 13.2. The molecule has 6 heteroatoms. The average Bonchev–Trinajstić information content (AvgIpc) is 3.20. The van der Waals surface area contributed by atoms with Gasteiger partial charge in [0, 0.05) is 18.2 Å². The number of amides is 1. The summed E-state index contributed by atoms with van der Waals surface area (Å²) in [6.07, 6.45) is 2.16. The molecule has 102 valence electrons. The van der Waals surface area contributed by atoms with Gasteiger partial charge in [-0.3, -0.25) is 4.79 Å². The number of benzene rings is 1. The summed E-state index contributed by atoms with van der Waals surface area (Å²) in [7, 11) is 0. The van der Waals surface area contributed by atoms with E-state index in [1.807, 2.05) is 0 Å². The summed E-state index contributed by atoms with van der Waals surface area (Å²) >= 11 is 0. The molecule has 1 aliphatic carbocycles. The van der Waals surface area contributed by atoms with Gasteiger partial charge in [0.2, 0.25) is 5.91 Å². The van der Waals surface area contributed by atoms with Crippen LogP contribution in [0.3, 0.4) is 0 Å². The lowest BCUT2D eigenvalue weighted by atomic mass is 10.2. The zero-order valence-electron chi connectivity index (χ0n) is 10.6. The van der Waals surface area contributed by atoms with E-state index in [0.717, 1.165) is 12.8 Å². The lowest BCUT2D eigenvalue weighted by Gasteiger charge is -2.20. The van der Waals surface area contributed by atoms with Crippen LogP contribution in [0.25, 0.3) is 0 Å². The van der Waals surface area contributed by atoms with Gasteiger partial charge in [-0.05, 0) is 12.8 Å². The summed E-state index contributed by atoms with van der Waals surface area (Å²) in [6.45, 7) is 1.27. The molecule has 1 fully saturated rings. The third kappa shape index (κ3) is 2.83. The van der Waals surface area contributed by atoms with E-state index in [1.54, 1.807) is 12.1 Å². The van der Waals surface area contributed by atoms with E-state index in [4.69, 9.17) is 15.2 Å². The molecule has 0 radical (unpaired) electrons. The Morgan fingerprint density at radius 3 is 2.63 bits per heavy atom. The minimum Gasteiger partial charge on any atom is -0.486 e. The standard InChI is InChI=1S/C13H17N3O3/c14-9-5-11-12(19-4-3-18-11)6-10(9)15-7-13(17)16-8-1-2-8/h5-6,8,15H,1-4,7,14H2,(H,16,17). The maximum absolute atomic E-state index is 11.6. The highest BCUT2D eigenvalue weighted by Gasteiger charge is 2.23. The molecule has 0 spiro atoms. The molecule has 1 aromatic rings. The Morgan fingerprint density at radius 1 is 1.26 bits per heavy atom. The minimum absolute atomic E-state index is 0.0169. The molecule has 0 unspecified atom stereocenters. The largest absolute Gasteiger partial charge is 0.486 e. The van der Waals surface area contributed by atoms with Gasteiger partial charge in [-0.1, -0.05) is 0 Å². The summed E-state index contributed by atoms with van der Waals surface area (Å²) in [5.74, 6) is 1.29. The topological polar surface area (TPSA) is 85.6 Å². The Hall–Kier alpha value is -2.11. The highest BCUT2D eigenvalue weighted by Crippen LogP contribution is 2.36. The molecular weight excluding hydrogens is 246 g/mol.